The highest BCUT2D eigenvalue weighted by atomic mass is 16.5. The molecule has 0 aromatic heterocycles. The Morgan fingerprint density at radius 2 is 1.88 bits per heavy atom. The lowest BCUT2D eigenvalue weighted by Crippen LogP contribution is -2.50. The van der Waals surface area contributed by atoms with Gasteiger partial charge in [0.2, 0.25) is 11.8 Å². The Morgan fingerprint density at radius 1 is 1.20 bits per heavy atom. The van der Waals surface area contributed by atoms with Crippen molar-refractivity contribution in [2.24, 2.45) is 17.8 Å². The van der Waals surface area contributed by atoms with E-state index in [2.05, 4.69) is 6.07 Å². The molecule has 3 fully saturated rings. The summed E-state index contributed by atoms with van der Waals surface area (Å²) in [5.74, 6) is 1.60. The van der Waals surface area contributed by atoms with Gasteiger partial charge in [0.05, 0.1) is 18.6 Å². The monoisotopic (exact) mass is 340 g/mol. The molecule has 1 unspecified atom stereocenters. The molecule has 1 saturated carbocycles. The van der Waals surface area contributed by atoms with Gasteiger partial charge in [-0.3, -0.25) is 9.59 Å². The molecule has 1 aromatic rings. The molecule has 1 aliphatic carbocycles. The first-order valence-electron chi connectivity index (χ1n) is 9.45. The van der Waals surface area contributed by atoms with Gasteiger partial charge in [-0.2, -0.15) is 0 Å². The summed E-state index contributed by atoms with van der Waals surface area (Å²) in [4.78, 5) is 29.9. The Hall–Kier alpha value is -1.88. The van der Waals surface area contributed by atoms with Gasteiger partial charge in [-0.25, -0.2) is 0 Å². The number of hydrogen-bond donors (Lipinski definition) is 0. The van der Waals surface area contributed by atoms with Crippen molar-refractivity contribution in [2.45, 2.75) is 25.2 Å². The molecular formula is C20H24N2O3. The Bertz CT molecular complexity index is 728. The van der Waals surface area contributed by atoms with Crippen molar-refractivity contribution in [1.29, 1.82) is 0 Å². The van der Waals surface area contributed by atoms with Gasteiger partial charge in [0, 0.05) is 31.2 Å². The predicted molar refractivity (Wildman–Crippen MR) is 93.3 cm³/mol. The molecule has 132 valence electrons. The second-order valence-electron chi connectivity index (χ2n) is 7.86. The molecule has 25 heavy (non-hydrogen) atoms. The van der Waals surface area contributed by atoms with E-state index in [1.807, 2.05) is 34.9 Å². The zero-order valence-corrected chi connectivity index (χ0v) is 14.6. The SMILES string of the molecule is CCN1C(=O)C2(CCN(C(=O)C3[C@H]4COC[C@@H]34)CC2)c2ccccc21. The minimum absolute atomic E-state index is 0.182. The number of amides is 2. The Balaban J connectivity index is 1.36. The molecule has 5 rings (SSSR count). The van der Waals surface area contributed by atoms with E-state index in [1.54, 1.807) is 0 Å². The van der Waals surface area contributed by atoms with E-state index in [9.17, 15) is 9.59 Å². The molecule has 5 nitrogen and oxygen atoms in total. The fourth-order valence-corrected chi connectivity index (χ4v) is 5.32. The third-order valence-corrected chi connectivity index (χ3v) is 6.85. The maximum absolute atomic E-state index is 13.2. The molecule has 3 atom stereocenters. The van der Waals surface area contributed by atoms with Crippen LogP contribution in [0.3, 0.4) is 0 Å². The standard InChI is InChI=1S/C20H24N2O3/c1-2-22-16-6-4-3-5-15(16)20(19(22)24)7-9-21(10-8-20)18(23)17-13-11-25-12-14(13)17/h3-6,13-14,17H,2,7-12H2,1H3/t13-,14+,17?. The van der Waals surface area contributed by atoms with Gasteiger partial charge >= 0.3 is 0 Å². The fraction of sp³-hybridized carbons (Fsp3) is 0.600. The van der Waals surface area contributed by atoms with Gasteiger partial charge in [-0.1, -0.05) is 18.2 Å². The van der Waals surface area contributed by atoms with Crippen LogP contribution in [-0.2, 0) is 19.7 Å². The molecule has 3 aliphatic heterocycles. The summed E-state index contributed by atoms with van der Waals surface area (Å²) in [5, 5.41) is 0. The van der Waals surface area contributed by atoms with Crippen molar-refractivity contribution in [1.82, 2.24) is 4.90 Å². The largest absolute Gasteiger partial charge is 0.381 e. The molecule has 0 bridgehead atoms. The fourth-order valence-electron chi connectivity index (χ4n) is 5.32. The van der Waals surface area contributed by atoms with E-state index in [-0.39, 0.29) is 11.8 Å². The topological polar surface area (TPSA) is 49.9 Å². The number of nitrogens with zero attached hydrogens (tertiary/aromatic N) is 2. The molecule has 3 heterocycles. The Morgan fingerprint density at radius 3 is 2.56 bits per heavy atom. The van der Waals surface area contributed by atoms with Crippen LogP contribution in [0.15, 0.2) is 24.3 Å². The smallest absolute Gasteiger partial charge is 0.237 e. The van der Waals surface area contributed by atoms with E-state index in [0.717, 1.165) is 37.3 Å². The van der Waals surface area contributed by atoms with E-state index >= 15 is 0 Å². The molecule has 2 saturated heterocycles. The molecular weight excluding hydrogens is 316 g/mol. The highest BCUT2D eigenvalue weighted by Crippen LogP contribution is 2.53. The minimum atomic E-state index is -0.425. The first kappa shape index (κ1) is 15.4. The van der Waals surface area contributed by atoms with Crippen LogP contribution in [-0.4, -0.2) is 49.6 Å². The van der Waals surface area contributed by atoms with Crippen LogP contribution in [0.4, 0.5) is 5.69 Å². The summed E-state index contributed by atoms with van der Waals surface area (Å²) >= 11 is 0. The maximum atomic E-state index is 13.2. The highest BCUT2D eigenvalue weighted by Gasteiger charge is 2.60. The van der Waals surface area contributed by atoms with Crippen molar-refractivity contribution >= 4 is 17.5 Å². The van der Waals surface area contributed by atoms with Crippen LogP contribution >= 0.6 is 0 Å². The van der Waals surface area contributed by atoms with Gasteiger partial charge in [-0.15, -0.1) is 0 Å². The number of piperidine rings is 1. The minimum Gasteiger partial charge on any atom is -0.381 e. The van der Waals surface area contributed by atoms with Gasteiger partial charge < -0.3 is 14.5 Å². The lowest BCUT2D eigenvalue weighted by Gasteiger charge is -2.38. The number of carbonyl (C=O) groups is 2. The summed E-state index contributed by atoms with van der Waals surface area (Å²) in [6, 6.07) is 8.17. The Kier molecular flexibility index (Phi) is 3.26. The number of likely N-dealkylation sites (N-methyl/N-ethyl adjacent to an activating group) is 1. The molecule has 2 amide bonds. The van der Waals surface area contributed by atoms with E-state index in [1.165, 1.54) is 0 Å². The summed E-state index contributed by atoms with van der Waals surface area (Å²) < 4.78 is 5.41. The molecule has 4 aliphatic rings. The van der Waals surface area contributed by atoms with Gasteiger partial charge in [0.15, 0.2) is 0 Å². The molecule has 5 heteroatoms. The molecule has 0 radical (unpaired) electrons. The zero-order chi connectivity index (χ0) is 17.2. The highest BCUT2D eigenvalue weighted by molar-refractivity contribution is 6.08. The number of fused-ring (bicyclic) bond motifs is 3. The summed E-state index contributed by atoms with van der Waals surface area (Å²) in [5.41, 5.74) is 1.79. The predicted octanol–water partition coefficient (Wildman–Crippen LogP) is 1.81. The number of ether oxygens (including phenoxy) is 1. The maximum Gasteiger partial charge on any atom is 0.237 e. The van der Waals surface area contributed by atoms with Crippen LogP contribution < -0.4 is 4.90 Å². The number of benzene rings is 1. The van der Waals surface area contributed by atoms with Crippen molar-refractivity contribution in [2.75, 3.05) is 37.7 Å². The molecule has 1 spiro atoms. The number of likely N-dealkylation sites (tertiary alicyclic amines) is 1. The summed E-state index contributed by atoms with van der Waals surface area (Å²) in [6.07, 6.45) is 1.48. The Labute approximate surface area is 147 Å². The normalized spacial score (nSPS) is 32.0. The van der Waals surface area contributed by atoms with Gasteiger partial charge in [0.1, 0.15) is 0 Å². The summed E-state index contributed by atoms with van der Waals surface area (Å²) in [6.45, 7) is 5.60. The zero-order valence-electron chi connectivity index (χ0n) is 14.6. The van der Waals surface area contributed by atoms with Crippen LogP contribution in [0.1, 0.15) is 25.3 Å². The first-order chi connectivity index (χ1) is 12.2. The summed E-state index contributed by atoms with van der Waals surface area (Å²) in [7, 11) is 0. The third kappa shape index (κ3) is 1.99. The average Bonchev–Trinajstić information content (AvgIpc) is 3.02. The van der Waals surface area contributed by atoms with E-state index < -0.39 is 5.41 Å². The second-order valence-corrected chi connectivity index (χ2v) is 7.86. The number of anilines is 1. The van der Waals surface area contributed by atoms with Crippen LogP contribution in [0.2, 0.25) is 0 Å². The first-order valence-corrected chi connectivity index (χ1v) is 9.45. The number of rotatable bonds is 2. The van der Waals surface area contributed by atoms with Crippen LogP contribution in [0.25, 0.3) is 0 Å². The third-order valence-electron chi connectivity index (χ3n) is 6.85. The molecule has 1 aromatic carbocycles. The van der Waals surface area contributed by atoms with E-state index in [4.69, 9.17) is 4.74 Å². The average molecular weight is 340 g/mol. The van der Waals surface area contributed by atoms with Crippen molar-refractivity contribution < 1.29 is 14.3 Å². The lowest BCUT2D eigenvalue weighted by molar-refractivity contribution is -0.138. The second kappa shape index (κ2) is 5.31. The van der Waals surface area contributed by atoms with Crippen molar-refractivity contribution in [3.8, 4) is 0 Å². The number of carbonyl (C=O) groups excluding carboxylic acids is 2. The quantitative estimate of drug-likeness (QED) is 0.825. The lowest BCUT2D eigenvalue weighted by atomic mass is 9.73. The molecule has 0 N–H and O–H groups in total. The van der Waals surface area contributed by atoms with Crippen molar-refractivity contribution in [3.05, 3.63) is 29.8 Å². The van der Waals surface area contributed by atoms with Crippen LogP contribution in [0.5, 0.6) is 0 Å². The number of para-hydroxylation sites is 1. The van der Waals surface area contributed by atoms with Crippen molar-refractivity contribution in [3.63, 3.8) is 0 Å². The van der Waals surface area contributed by atoms with E-state index in [0.29, 0.717) is 37.4 Å². The van der Waals surface area contributed by atoms with Gasteiger partial charge in [0.25, 0.3) is 0 Å². The number of hydrogen-bond acceptors (Lipinski definition) is 3. The van der Waals surface area contributed by atoms with Gasteiger partial charge in [-0.05, 0) is 43.2 Å². The van der Waals surface area contributed by atoms with Crippen LogP contribution in [0, 0.1) is 17.8 Å².